The first-order valence-corrected chi connectivity index (χ1v) is 9.05. The Kier molecular flexibility index (Phi) is 5.96. The summed E-state index contributed by atoms with van der Waals surface area (Å²) in [5.74, 6) is 1.28. The molecule has 2 nitrogen and oxygen atoms in total. The van der Waals surface area contributed by atoms with Crippen molar-refractivity contribution in [1.82, 2.24) is 4.90 Å². The summed E-state index contributed by atoms with van der Waals surface area (Å²) in [6, 6.07) is 5.97. The molecular weight excluding hydrogens is 358 g/mol. The number of rotatable bonds is 4. The van der Waals surface area contributed by atoms with Gasteiger partial charge >= 0.3 is 0 Å². The Balaban J connectivity index is 1.95. The number of hydrogen-bond acceptors (Lipinski definition) is 3. The molecule has 1 saturated heterocycles. The summed E-state index contributed by atoms with van der Waals surface area (Å²) in [5, 5.41) is 1.16. The van der Waals surface area contributed by atoms with Crippen LogP contribution in [0, 0.1) is 0 Å². The van der Waals surface area contributed by atoms with Gasteiger partial charge in [0.15, 0.2) is 5.78 Å². The molecular formula is C15H19BrClNOS. The molecule has 1 aliphatic heterocycles. The van der Waals surface area contributed by atoms with Gasteiger partial charge in [0.1, 0.15) is 0 Å². The Morgan fingerprint density at radius 3 is 2.95 bits per heavy atom. The van der Waals surface area contributed by atoms with Crippen molar-refractivity contribution in [2.45, 2.75) is 31.6 Å². The van der Waals surface area contributed by atoms with E-state index >= 15 is 0 Å². The van der Waals surface area contributed by atoms with Gasteiger partial charge in [-0.25, -0.2) is 0 Å². The minimum atomic E-state index is 0.126. The second-order valence-corrected chi connectivity index (χ2v) is 7.96. The van der Waals surface area contributed by atoms with Crippen molar-refractivity contribution in [1.29, 1.82) is 0 Å². The number of thioether (sulfide) groups is 1. The molecule has 2 rings (SSSR count). The Morgan fingerprint density at radius 1 is 1.50 bits per heavy atom. The van der Waals surface area contributed by atoms with Gasteiger partial charge < -0.3 is 0 Å². The number of Topliss-reactive ketones (excluding diaryl/α,β-unsaturated/α-hetero) is 1. The van der Waals surface area contributed by atoms with E-state index in [4.69, 9.17) is 11.6 Å². The highest BCUT2D eigenvalue weighted by atomic mass is 79.9. The van der Waals surface area contributed by atoms with Crippen LogP contribution in [0.15, 0.2) is 22.7 Å². The highest BCUT2D eigenvalue weighted by Gasteiger charge is 2.25. The number of nitrogens with zero attached hydrogens (tertiary/aromatic N) is 1. The Hall–Kier alpha value is -0.0300. The van der Waals surface area contributed by atoms with Gasteiger partial charge in [-0.1, -0.05) is 34.5 Å². The number of hydrogen-bond donors (Lipinski definition) is 0. The zero-order chi connectivity index (χ0) is 14.7. The number of carbonyl (C=O) groups is 1. The maximum Gasteiger partial charge on any atom is 0.165 e. The number of ketones is 1. The third-order valence-electron chi connectivity index (χ3n) is 3.87. The highest BCUT2D eigenvalue weighted by Crippen LogP contribution is 2.25. The second kappa shape index (κ2) is 7.30. The Bertz CT molecular complexity index is 497. The van der Waals surface area contributed by atoms with Crippen molar-refractivity contribution >= 4 is 45.1 Å². The van der Waals surface area contributed by atoms with Crippen molar-refractivity contribution in [2.75, 3.05) is 18.8 Å². The van der Waals surface area contributed by atoms with E-state index in [2.05, 4.69) is 34.7 Å². The lowest BCUT2D eigenvalue weighted by Gasteiger charge is -2.37. The summed E-state index contributed by atoms with van der Waals surface area (Å²) in [5.41, 5.74) is 0.627. The highest BCUT2D eigenvalue weighted by molar-refractivity contribution is 9.10. The van der Waals surface area contributed by atoms with Crippen LogP contribution in [0.4, 0.5) is 0 Å². The van der Waals surface area contributed by atoms with E-state index in [0.29, 0.717) is 28.3 Å². The fourth-order valence-electron chi connectivity index (χ4n) is 2.41. The van der Waals surface area contributed by atoms with Crippen LogP contribution < -0.4 is 0 Å². The van der Waals surface area contributed by atoms with Crippen LogP contribution in [0.1, 0.15) is 30.6 Å². The SMILES string of the molecule is CC1SCCN(CCC(=O)c2ccc(Br)cc2Cl)C1C. The van der Waals surface area contributed by atoms with E-state index in [-0.39, 0.29) is 5.78 Å². The minimum Gasteiger partial charge on any atom is -0.298 e. The molecule has 0 spiro atoms. The summed E-state index contributed by atoms with van der Waals surface area (Å²) >= 11 is 11.5. The van der Waals surface area contributed by atoms with Crippen LogP contribution in [0.5, 0.6) is 0 Å². The van der Waals surface area contributed by atoms with E-state index in [0.717, 1.165) is 23.3 Å². The molecule has 1 aromatic rings. The van der Waals surface area contributed by atoms with Gasteiger partial charge in [-0.3, -0.25) is 9.69 Å². The van der Waals surface area contributed by atoms with Crippen LogP contribution in [0.2, 0.25) is 5.02 Å². The van der Waals surface area contributed by atoms with Crippen LogP contribution in [-0.2, 0) is 0 Å². The third kappa shape index (κ3) is 4.00. The quantitative estimate of drug-likeness (QED) is 0.722. The van der Waals surface area contributed by atoms with Gasteiger partial charge in [-0.05, 0) is 25.1 Å². The second-order valence-electron chi connectivity index (χ2n) is 5.15. The molecule has 1 aromatic carbocycles. The fraction of sp³-hybridized carbons (Fsp3) is 0.533. The van der Waals surface area contributed by atoms with Crippen LogP contribution in [-0.4, -0.2) is 40.8 Å². The fourth-order valence-corrected chi connectivity index (χ4v) is 4.35. The van der Waals surface area contributed by atoms with Crippen molar-refractivity contribution in [3.63, 3.8) is 0 Å². The number of benzene rings is 1. The van der Waals surface area contributed by atoms with Gasteiger partial charge in [-0.2, -0.15) is 11.8 Å². The Morgan fingerprint density at radius 2 is 2.25 bits per heavy atom. The minimum absolute atomic E-state index is 0.126. The van der Waals surface area contributed by atoms with Gasteiger partial charge in [0.2, 0.25) is 0 Å². The maximum absolute atomic E-state index is 12.3. The summed E-state index contributed by atoms with van der Waals surface area (Å²) in [7, 11) is 0. The molecule has 0 aliphatic carbocycles. The molecule has 0 saturated carbocycles. The van der Waals surface area contributed by atoms with E-state index in [1.807, 2.05) is 17.8 Å². The van der Waals surface area contributed by atoms with Gasteiger partial charge in [-0.15, -0.1) is 0 Å². The largest absolute Gasteiger partial charge is 0.298 e. The molecule has 110 valence electrons. The van der Waals surface area contributed by atoms with Crippen molar-refractivity contribution < 1.29 is 4.79 Å². The third-order valence-corrected chi connectivity index (χ3v) is 6.02. The van der Waals surface area contributed by atoms with Crippen molar-refractivity contribution in [2.24, 2.45) is 0 Å². The topological polar surface area (TPSA) is 20.3 Å². The molecule has 2 unspecified atom stereocenters. The molecule has 0 aromatic heterocycles. The smallest absolute Gasteiger partial charge is 0.165 e. The zero-order valence-electron chi connectivity index (χ0n) is 11.7. The average molecular weight is 377 g/mol. The predicted molar refractivity (Wildman–Crippen MR) is 91.1 cm³/mol. The standard InChI is InChI=1S/C15H19BrClNOS/c1-10-11(2)20-8-7-18(10)6-5-15(19)13-4-3-12(16)9-14(13)17/h3-4,9-11H,5-8H2,1-2H3. The van der Waals surface area contributed by atoms with Crippen LogP contribution in [0.25, 0.3) is 0 Å². The van der Waals surface area contributed by atoms with Gasteiger partial charge in [0.05, 0.1) is 5.02 Å². The van der Waals surface area contributed by atoms with Gasteiger partial charge in [0.25, 0.3) is 0 Å². The number of carbonyl (C=O) groups excluding carboxylic acids is 1. The first-order chi connectivity index (χ1) is 9.49. The summed E-state index contributed by atoms with van der Waals surface area (Å²) in [6.45, 7) is 6.39. The summed E-state index contributed by atoms with van der Waals surface area (Å²) in [4.78, 5) is 14.7. The summed E-state index contributed by atoms with van der Waals surface area (Å²) < 4.78 is 0.898. The molecule has 0 amide bonds. The molecule has 0 bridgehead atoms. The van der Waals surface area contributed by atoms with Crippen LogP contribution >= 0.6 is 39.3 Å². The van der Waals surface area contributed by atoms with Gasteiger partial charge in [0, 0.05) is 46.6 Å². The number of halogens is 2. The molecule has 1 heterocycles. The molecule has 5 heteroatoms. The lowest BCUT2D eigenvalue weighted by atomic mass is 10.1. The first-order valence-electron chi connectivity index (χ1n) is 6.83. The van der Waals surface area contributed by atoms with Crippen molar-refractivity contribution in [3.05, 3.63) is 33.3 Å². The molecule has 20 heavy (non-hydrogen) atoms. The molecule has 0 N–H and O–H groups in total. The molecule has 2 atom stereocenters. The lowest BCUT2D eigenvalue weighted by Crippen LogP contribution is -2.45. The monoisotopic (exact) mass is 375 g/mol. The average Bonchev–Trinajstić information content (AvgIpc) is 2.40. The van der Waals surface area contributed by atoms with E-state index in [9.17, 15) is 4.79 Å². The van der Waals surface area contributed by atoms with E-state index in [1.54, 1.807) is 12.1 Å². The summed E-state index contributed by atoms with van der Waals surface area (Å²) in [6.07, 6.45) is 0.531. The molecule has 0 radical (unpaired) electrons. The van der Waals surface area contributed by atoms with E-state index in [1.165, 1.54) is 0 Å². The molecule has 1 fully saturated rings. The lowest BCUT2D eigenvalue weighted by molar-refractivity contribution is 0.0954. The molecule has 1 aliphatic rings. The Labute approximate surface area is 138 Å². The normalized spacial score (nSPS) is 23.8. The zero-order valence-corrected chi connectivity index (χ0v) is 14.9. The maximum atomic E-state index is 12.3. The van der Waals surface area contributed by atoms with Crippen LogP contribution in [0.3, 0.4) is 0 Å². The van der Waals surface area contributed by atoms with E-state index < -0.39 is 0 Å². The predicted octanol–water partition coefficient (Wildman–Crippen LogP) is 4.50. The first kappa shape index (κ1) is 16.3. The van der Waals surface area contributed by atoms with Crippen molar-refractivity contribution in [3.8, 4) is 0 Å².